The highest BCUT2D eigenvalue weighted by atomic mass is 16.1. The van der Waals surface area contributed by atoms with Crippen LogP contribution in [0.3, 0.4) is 0 Å². The highest BCUT2D eigenvalue weighted by Crippen LogP contribution is 2.22. The van der Waals surface area contributed by atoms with Crippen molar-refractivity contribution in [1.29, 1.82) is 5.26 Å². The van der Waals surface area contributed by atoms with Gasteiger partial charge in [-0.05, 0) is 42.7 Å². The Morgan fingerprint density at radius 3 is 2.93 bits per heavy atom. The molecule has 0 atom stereocenters. The highest BCUT2D eigenvalue weighted by molar-refractivity contribution is 5.79. The lowest BCUT2D eigenvalue weighted by Crippen LogP contribution is -2.40. The summed E-state index contributed by atoms with van der Waals surface area (Å²) in [4.78, 5) is 14.7. The molecule has 0 unspecified atom stereocenters. The standard InChI is InChI=1S/C19H19N7O/c20-11-14-2-1-3-15(10-14)12-21-19(27)16-6-8-25(9-7-16)18-5-4-17-23-22-13-26(17)24-18/h1-5,10,13,16H,6-9,12H2,(H,21,27). The van der Waals surface area contributed by atoms with Gasteiger partial charge in [0.2, 0.25) is 5.91 Å². The number of aromatic nitrogens is 4. The summed E-state index contributed by atoms with van der Waals surface area (Å²) in [5, 5.41) is 24.3. The number of hydrogen-bond acceptors (Lipinski definition) is 6. The summed E-state index contributed by atoms with van der Waals surface area (Å²) in [6, 6.07) is 13.2. The molecule has 1 aliphatic heterocycles. The number of nitrogens with zero attached hydrogens (tertiary/aromatic N) is 6. The Balaban J connectivity index is 1.31. The molecule has 0 bridgehead atoms. The van der Waals surface area contributed by atoms with E-state index < -0.39 is 0 Å². The predicted molar refractivity (Wildman–Crippen MR) is 98.7 cm³/mol. The zero-order valence-corrected chi connectivity index (χ0v) is 14.7. The quantitative estimate of drug-likeness (QED) is 0.756. The number of piperidine rings is 1. The van der Waals surface area contributed by atoms with Gasteiger partial charge in [-0.15, -0.1) is 15.3 Å². The van der Waals surface area contributed by atoms with E-state index in [4.69, 9.17) is 5.26 Å². The van der Waals surface area contributed by atoms with Crippen LogP contribution in [0.5, 0.6) is 0 Å². The minimum Gasteiger partial charge on any atom is -0.355 e. The Labute approximate surface area is 156 Å². The van der Waals surface area contributed by atoms with E-state index in [2.05, 4.69) is 31.6 Å². The first kappa shape index (κ1) is 17.0. The van der Waals surface area contributed by atoms with Crippen LogP contribution in [0.2, 0.25) is 0 Å². The summed E-state index contributed by atoms with van der Waals surface area (Å²) in [7, 11) is 0. The van der Waals surface area contributed by atoms with Crippen molar-refractivity contribution in [2.75, 3.05) is 18.0 Å². The molecule has 0 radical (unpaired) electrons. The second-order valence-electron chi connectivity index (χ2n) is 6.62. The second kappa shape index (κ2) is 7.41. The molecule has 1 aliphatic rings. The van der Waals surface area contributed by atoms with Crippen molar-refractivity contribution in [1.82, 2.24) is 25.1 Å². The molecular formula is C19H19N7O. The number of fused-ring (bicyclic) bond motifs is 1. The number of carbonyl (C=O) groups is 1. The summed E-state index contributed by atoms with van der Waals surface area (Å²) in [6.45, 7) is 2.01. The average molecular weight is 361 g/mol. The Morgan fingerprint density at radius 2 is 2.11 bits per heavy atom. The van der Waals surface area contributed by atoms with Crippen LogP contribution in [0.25, 0.3) is 5.65 Å². The summed E-state index contributed by atoms with van der Waals surface area (Å²) < 4.78 is 1.66. The van der Waals surface area contributed by atoms with Crippen molar-refractivity contribution in [3.05, 3.63) is 53.9 Å². The molecule has 1 amide bonds. The highest BCUT2D eigenvalue weighted by Gasteiger charge is 2.25. The van der Waals surface area contributed by atoms with E-state index in [9.17, 15) is 4.79 Å². The topological polar surface area (TPSA) is 99.2 Å². The van der Waals surface area contributed by atoms with Crippen molar-refractivity contribution < 1.29 is 4.79 Å². The van der Waals surface area contributed by atoms with E-state index in [-0.39, 0.29) is 11.8 Å². The summed E-state index contributed by atoms with van der Waals surface area (Å²) in [5.41, 5.74) is 2.26. The molecule has 3 aromatic rings. The lowest BCUT2D eigenvalue weighted by Gasteiger charge is -2.32. The van der Waals surface area contributed by atoms with Gasteiger partial charge in [-0.1, -0.05) is 12.1 Å². The zero-order chi connectivity index (χ0) is 18.6. The third-order valence-electron chi connectivity index (χ3n) is 4.86. The van der Waals surface area contributed by atoms with Gasteiger partial charge in [0.1, 0.15) is 12.1 Å². The van der Waals surface area contributed by atoms with Crippen LogP contribution in [0.4, 0.5) is 5.82 Å². The van der Waals surface area contributed by atoms with Gasteiger partial charge in [-0.25, -0.2) is 0 Å². The number of nitriles is 1. The predicted octanol–water partition coefficient (Wildman–Crippen LogP) is 1.53. The van der Waals surface area contributed by atoms with Crippen LogP contribution in [-0.2, 0) is 11.3 Å². The number of rotatable bonds is 4. The third kappa shape index (κ3) is 3.72. The Hall–Kier alpha value is -3.47. The van der Waals surface area contributed by atoms with Gasteiger partial charge >= 0.3 is 0 Å². The number of nitrogens with one attached hydrogen (secondary N) is 1. The first-order valence-electron chi connectivity index (χ1n) is 8.92. The van der Waals surface area contributed by atoms with Crippen LogP contribution in [-0.4, -0.2) is 38.8 Å². The fourth-order valence-electron chi connectivity index (χ4n) is 3.34. The number of hydrogen-bond donors (Lipinski definition) is 1. The van der Waals surface area contributed by atoms with Gasteiger partial charge in [0.15, 0.2) is 5.65 Å². The molecule has 8 nitrogen and oxygen atoms in total. The molecule has 8 heteroatoms. The van der Waals surface area contributed by atoms with Crippen molar-refractivity contribution >= 4 is 17.4 Å². The molecule has 2 aromatic heterocycles. The molecule has 1 saturated heterocycles. The van der Waals surface area contributed by atoms with Crippen molar-refractivity contribution in [2.24, 2.45) is 5.92 Å². The molecular weight excluding hydrogens is 342 g/mol. The third-order valence-corrected chi connectivity index (χ3v) is 4.86. The second-order valence-corrected chi connectivity index (χ2v) is 6.62. The van der Waals surface area contributed by atoms with Gasteiger partial charge in [0, 0.05) is 25.6 Å². The van der Waals surface area contributed by atoms with E-state index in [0.717, 1.165) is 37.3 Å². The maximum atomic E-state index is 12.5. The number of amides is 1. The Kier molecular flexibility index (Phi) is 4.66. The fourth-order valence-corrected chi connectivity index (χ4v) is 3.34. The van der Waals surface area contributed by atoms with Gasteiger partial charge in [-0.2, -0.15) is 9.78 Å². The molecule has 4 rings (SSSR count). The van der Waals surface area contributed by atoms with E-state index in [0.29, 0.717) is 17.8 Å². The van der Waals surface area contributed by atoms with E-state index in [1.165, 1.54) is 0 Å². The molecule has 3 heterocycles. The first-order valence-corrected chi connectivity index (χ1v) is 8.92. The van der Waals surface area contributed by atoms with E-state index in [1.54, 1.807) is 23.0 Å². The van der Waals surface area contributed by atoms with Crippen LogP contribution in [0.15, 0.2) is 42.7 Å². The minimum atomic E-state index is -0.000887. The monoisotopic (exact) mass is 361 g/mol. The molecule has 27 heavy (non-hydrogen) atoms. The minimum absolute atomic E-state index is 0.000887. The largest absolute Gasteiger partial charge is 0.355 e. The summed E-state index contributed by atoms with van der Waals surface area (Å²) >= 11 is 0. The van der Waals surface area contributed by atoms with Crippen LogP contribution in [0.1, 0.15) is 24.0 Å². The molecule has 136 valence electrons. The summed E-state index contributed by atoms with van der Waals surface area (Å²) in [5.74, 6) is 0.938. The van der Waals surface area contributed by atoms with Crippen molar-refractivity contribution in [3.8, 4) is 6.07 Å². The van der Waals surface area contributed by atoms with Gasteiger partial charge < -0.3 is 10.2 Å². The molecule has 0 spiro atoms. The Bertz CT molecular complexity index is 998. The molecule has 0 saturated carbocycles. The number of anilines is 1. The van der Waals surface area contributed by atoms with E-state index in [1.807, 2.05) is 24.3 Å². The smallest absolute Gasteiger partial charge is 0.223 e. The molecule has 0 aliphatic carbocycles. The molecule has 1 fully saturated rings. The number of carbonyl (C=O) groups excluding carboxylic acids is 1. The van der Waals surface area contributed by atoms with Crippen LogP contribution < -0.4 is 10.2 Å². The molecule has 1 aromatic carbocycles. The molecule has 1 N–H and O–H groups in total. The van der Waals surface area contributed by atoms with Crippen LogP contribution >= 0.6 is 0 Å². The van der Waals surface area contributed by atoms with Gasteiger partial charge in [0.25, 0.3) is 0 Å². The fraction of sp³-hybridized carbons (Fsp3) is 0.316. The van der Waals surface area contributed by atoms with Crippen LogP contribution in [0, 0.1) is 17.2 Å². The van der Waals surface area contributed by atoms with Gasteiger partial charge in [0.05, 0.1) is 11.6 Å². The normalized spacial score (nSPS) is 14.9. The lowest BCUT2D eigenvalue weighted by atomic mass is 9.96. The van der Waals surface area contributed by atoms with Crippen molar-refractivity contribution in [2.45, 2.75) is 19.4 Å². The maximum absolute atomic E-state index is 12.5. The first-order chi connectivity index (χ1) is 13.2. The SMILES string of the molecule is N#Cc1cccc(CNC(=O)C2CCN(c3ccc4nncn4n3)CC2)c1. The Morgan fingerprint density at radius 1 is 1.26 bits per heavy atom. The zero-order valence-electron chi connectivity index (χ0n) is 14.7. The van der Waals surface area contributed by atoms with Crippen molar-refractivity contribution in [3.63, 3.8) is 0 Å². The summed E-state index contributed by atoms with van der Waals surface area (Å²) in [6.07, 6.45) is 3.15. The van der Waals surface area contributed by atoms with Gasteiger partial charge in [-0.3, -0.25) is 4.79 Å². The number of benzene rings is 1. The lowest BCUT2D eigenvalue weighted by molar-refractivity contribution is -0.125. The van der Waals surface area contributed by atoms with E-state index >= 15 is 0 Å². The maximum Gasteiger partial charge on any atom is 0.223 e. The average Bonchev–Trinajstić information content (AvgIpc) is 3.20.